The monoisotopic (exact) mass is 170 g/mol. The number of hydrogen-bond donors (Lipinski definition) is 1. The molecule has 0 aromatic carbocycles. The normalized spacial score (nSPS) is 44.8. The molecule has 0 unspecified atom stereocenters. The molecule has 2 aliphatic rings. The van der Waals surface area contributed by atoms with Crippen LogP contribution in [0.4, 0.5) is 0 Å². The van der Waals surface area contributed by atoms with Gasteiger partial charge < -0.3 is 9.84 Å². The highest BCUT2D eigenvalue weighted by molar-refractivity contribution is 5.66. The molecular weight excluding hydrogens is 156 g/mol. The van der Waals surface area contributed by atoms with Crippen LogP contribution in [0.5, 0.6) is 0 Å². The summed E-state index contributed by atoms with van der Waals surface area (Å²) in [7, 11) is 0. The van der Waals surface area contributed by atoms with Crippen LogP contribution in [0.15, 0.2) is 0 Å². The molecule has 2 saturated carbocycles. The Balaban J connectivity index is 1.90. The van der Waals surface area contributed by atoms with E-state index in [4.69, 9.17) is 4.74 Å². The summed E-state index contributed by atoms with van der Waals surface area (Å²) in [5.41, 5.74) is 0. The summed E-state index contributed by atoms with van der Waals surface area (Å²) in [6.07, 6.45) is 2.62. The van der Waals surface area contributed by atoms with Gasteiger partial charge >= 0.3 is 5.97 Å². The van der Waals surface area contributed by atoms with Crippen molar-refractivity contribution in [1.82, 2.24) is 0 Å². The highest BCUT2D eigenvalue weighted by atomic mass is 16.5. The molecule has 68 valence electrons. The highest BCUT2D eigenvalue weighted by Gasteiger charge is 2.51. The van der Waals surface area contributed by atoms with Crippen molar-refractivity contribution in [2.75, 3.05) is 0 Å². The van der Waals surface area contributed by atoms with Crippen molar-refractivity contribution in [3.63, 3.8) is 0 Å². The zero-order valence-electron chi connectivity index (χ0n) is 7.19. The van der Waals surface area contributed by atoms with Crippen molar-refractivity contribution in [1.29, 1.82) is 0 Å². The Morgan fingerprint density at radius 3 is 2.83 bits per heavy atom. The number of carbonyl (C=O) groups is 1. The van der Waals surface area contributed by atoms with Gasteiger partial charge in [-0.2, -0.15) is 0 Å². The molecule has 0 spiro atoms. The van der Waals surface area contributed by atoms with Crippen molar-refractivity contribution >= 4 is 5.97 Å². The fourth-order valence-electron chi connectivity index (χ4n) is 2.23. The van der Waals surface area contributed by atoms with E-state index in [1.54, 1.807) is 0 Å². The number of aliphatic hydroxyl groups excluding tert-OH is 1. The zero-order chi connectivity index (χ0) is 8.72. The Bertz CT molecular complexity index is 202. The van der Waals surface area contributed by atoms with E-state index < -0.39 is 0 Å². The number of carbonyl (C=O) groups excluding carboxylic acids is 1. The van der Waals surface area contributed by atoms with Crippen LogP contribution in [-0.2, 0) is 9.53 Å². The molecule has 0 aromatic heterocycles. The quantitative estimate of drug-likeness (QED) is 0.589. The Morgan fingerprint density at radius 1 is 1.42 bits per heavy atom. The minimum absolute atomic E-state index is 0.0934. The van der Waals surface area contributed by atoms with E-state index in [2.05, 4.69) is 0 Å². The van der Waals surface area contributed by atoms with Crippen LogP contribution < -0.4 is 0 Å². The van der Waals surface area contributed by atoms with Gasteiger partial charge in [0.1, 0.15) is 6.10 Å². The van der Waals surface area contributed by atoms with E-state index in [1.807, 2.05) is 0 Å². The summed E-state index contributed by atoms with van der Waals surface area (Å²) in [6.45, 7) is 1.45. The second-order valence-electron chi connectivity index (χ2n) is 3.86. The van der Waals surface area contributed by atoms with Gasteiger partial charge in [-0.15, -0.1) is 0 Å². The average molecular weight is 170 g/mol. The highest BCUT2D eigenvalue weighted by Crippen LogP contribution is 2.50. The molecular formula is C9H14O3. The Labute approximate surface area is 71.7 Å². The topological polar surface area (TPSA) is 46.5 Å². The van der Waals surface area contributed by atoms with Gasteiger partial charge in [-0.1, -0.05) is 0 Å². The van der Waals surface area contributed by atoms with E-state index in [1.165, 1.54) is 6.92 Å². The van der Waals surface area contributed by atoms with Gasteiger partial charge in [0.25, 0.3) is 0 Å². The molecule has 4 atom stereocenters. The molecule has 0 heterocycles. The number of rotatable bonds is 1. The van der Waals surface area contributed by atoms with Crippen molar-refractivity contribution in [2.45, 2.75) is 38.4 Å². The van der Waals surface area contributed by atoms with Crippen molar-refractivity contribution in [2.24, 2.45) is 11.8 Å². The summed E-state index contributed by atoms with van der Waals surface area (Å²) in [6, 6.07) is 0. The summed E-state index contributed by atoms with van der Waals surface area (Å²) >= 11 is 0. The van der Waals surface area contributed by atoms with E-state index in [0.29, 0.717) is 11.8 Å². The van der Waals surface area contributed by atoms with Gasteiger partial charge in [-0.25, -0.2) is 0 Å². The van der Waals surface area contributed by atoms with Crippen molar-refractivity contribution < 1.29 is 14.6 Å². The lowest BCUT2D eigenvalue weighted by molar-refractivity contribution is -0.149. The molecule has 0 bridgehead atoms. The summed E-state index contributed by atoms with van der Waals surface area (Å²) in [5, 5.41) is 9.43. The third-order valence-corrected chi connectivity index (χ3v) is 2.93. The lowest BCUT2D eigenvalue weighted by Gasteiger charge is -2.24. The number of esters is 1. The summed E-state index contributed by atoms with van der Waals surface area (Å²) < 4.78 is 5.14. The second kappa shape index (κ2) is 2.73. The largest absolute Gasteiger partial charge is 0.462 e. The molecule has 0 aromatic rings. The second-order valence-corrected chi connectivity index (χ2v) is 3.86. The molecule has 2 aliphatic carbocycles. The van der Waals surface area contributed by atoms with Crippen LogP contribution in [0.3, 0.4) is 0 Å². The SMILES string of the molecule is CC(=O)O[C@H]1CC[C@H](O)[C@@H]2C[C@@H]21. The van der Waals surface area contributed by atoms with Crippen LogP contribution in [0.1, 0.15) is 26.2 Å². The van der Waals surface area contributed by atoms with Gasteiger partial charge in [0.2, 0.25) is 0 Å². The van der Waals surface area contributed by atoms with Gasteiger partial charge in [0.15, 0.2) is 0 Å². The average Bonchev–Trinajstić information content (AvgIpc) is 2.73. The molecule has 0 aliphatic heterocycles. The van der Waals surface area contributed by atoms with Crippen LogP contribution in [0.25, 0.3) is 0 Å². The van der Waals surface area contributed by atoms with Gasteiger partial charge in [0, 0.05) is 12.8 Å². The first-order chi connectivity index (χ1) is 5.68. The van der Waals surface area contributed by atoms with Crippen molar-refractivity contribution in [3.8, 4) is 0 Å². The standard InChI is InChI=1S/C9H14O3/c1-5(10)12-9-3-2-8(11)6-4-7(6)9/h6-9,11H,2-4H2,1H3/t6-,7+,8+,9+/m1/s1. The Hall–Kier alpha value is -0.570. The first-order valence-corrected chi connectivity index (χ1v) is 4.54. The number of hydrogen-bond acceptors (Lipinski definition) is 3. The summed E-state index contributed by atoms with van der Waals surface area (Å²) in [4.78, 5) is 10.7. The first kappa shape index (κ1) is 8.05. The predicted molar refractivity (Wildman–Crippen MR) is 42.4 cm³/mol. The number of aliphatic hydroxyl groups is 1. The van der Waals surface area contributed by atoms with Crippen LogP contribution in [-0.4, -0.2) is 23.3 Å². The maximum atomic E-state index is 10.7. The molecule has 0 radical (unpaired) electrons. The van der Waals surface area contributed by atoms with Crippen LogP contribution in [0, 0.1) is 11.8 Å². The zero-order valence-corrected chi connectivity index (χ0v) is 7.19. The van der Waals surface area contributed by atoms with Crippen LogP contribution in [0.2, 0.25) is 0 Å². The van der Waals surface area contributed by atoms with E-state index in [-0.39, 0.29) is 18.2 Å². The Kier molecular flexibility index (Phi) is 1.83. The molecule has 0 amide bonds. The molecule has 3 nitrogen and oxygen atoms in total. The lowest BCUT2D eigenvalue weighted by atomic mass is 9.95. The minimum atomic E-state index is -0.193. The minimum Gasteiger partial charge on any atom is -0.462 e. The maximum Gasteiger partial charge on any atom is 0.302 e. The van der Waals surface area contributed by atoms with Crippen LogP contribution >= 0.6 is 0 Å². The molecule has 1 N–H and O–H groups in total. The number of ether oxygens (including phenoxy) is 1. The molecule has 0 saturated heterocycles. The molecule has 2 rings (SSSR count). The fourth-order valence-corrected chi connectivity index (χ4v) is 2.23. The molecule has 12 heavy (non-hydrogen) atoms. The summed E-state index contributed by atoms with van der Waals surface area (Å²) in [5.74, 6) is 0.683. The number of fused-ring (bicyclic) bond motifs is 1. The third-order valence-electron chi connectivity index (χ3n) is 2.93. The maximum absolute atomic E-state index is 10.7. The third kappa shape index (κ3) is 1.33. The van der Waals surface area contributed by atoms with Gasteiger partial charge in [-0.05, 0) is 25.2 Å². The fraction of sp³-hybridized carbons (Fsp3) is 0.889. The smallest absolute Gasteiger partial charge is 0.302 e. The Morgan fingerprint density at radius 2 is 2.17 bits per heavy atom. The lowest BCUT2D eigenvalue weighted by Crippen LogP contribution is -2.28. The molecule has 2 fully saturated rings. The van der Waals surface area contributed by atoms with Gasteiger partial charge in [-0.3, -0.25) is 4.79 Å². The first-order valence-electron chi connectivity index (χ1n) is 4.54. The predicted octanol–water partition coefficient (Wildman–Crippen LogP) is 0.709. The van der Waals surface area contributed by atoms with E-state index in [9.17, 15) is 9.90 Å². The van der Waals surface area contributed by atoms with Crippen molar-refractivity contribution in [3.05, 3.63) is 0 Å². The van der Waals surface area contributed by atoms with E-state index in [0.717, 1.165) is 19.3 Å². The van der Waals surface area contributed by atoms with E-state index >= 15 is 0 Å². The van der Waals surface area contributed by atoms with Gasteiger partial charge in [0.05, 0.1) is 6.10 Å². The molecule has 3 heteroatoms.